The molecule has 40 heavy (non-hydrogen) atoms. The van der Waals surface area contributed by atoms with Crippen molar-refractivity contribution in [3.05, 3.63) is 87.5 Å². The van der Waals surface area contributed by atoms with E-state index in [4.69, 9.17) is 0 Å². The Hall–Kier alpha value is -2.94. The minimum Gasteiger partial charge on any atom is -0.508 e. The van der Waals surface area contributed by atoms with Crippen molar-refractivity contribution in [3.63, 3.8) is 0 Å². The standard InChI is InChI=1S/C37H50O3/c1-10-28(25-11-13-27(38)14-12-25)26-15-17-37(18-16-26,29-21-31(35(4,5)6)33(39)19-23(29)2)30-22-32(36(7,8)9)34(40)20-24(30)3/h11-14,19-22,26,28,38-40H,10,15-18H2,1-9H3. The van der Waals surface area contributed by atoms with Crippen molar-refractivity contribution in [2.75, 3.05) is 0 Å². The van der Waals surface area contributed by atoms with Gasteiger partial charge in [-0.3, -0.25) is 0 Å². The number of aromatic hydroxyl groups is 3. The minimum absolute atomic E-state index is 0.183. The Morgan fingerprint density at radius 3 is 1.52 bits per heavy atom. The Balaban J connectivity index is 1.88. The summed E-state index contributed by atoms with van der Waals surface area (Å²) in [6, 6.07) is 16.3. The van der Waals surface area contributed by atoms with Crippen LogP contribution >= 0.6 is 0 Å². The largest absolute Gasteiger partial charge is 0.508 e. The molecule has 0 bridgehead atoms. The third-order valence-electron chi connectivity index (χ3n) is 9.55. The third-order valence-corrected chi connectivity index (χ3v) is 9.55. The lowest BCUT2D eigenvalue weighted by Crippen LogP contribution is -2.36. The van der Waals surface area contributed by atoms with Gasteiger partial charge in [0.25, 0.3) is 0 Å². The lowest BCUT2D eigenvalue weighted by atomic mass is 9.58. The molecule has 0 spiro atoms. The molecule has 0 radical (unpaired) electrons. The molecule has 3 nitrogen and oxygen atoms in total. The second kappa shape index (κ2) is 10.8. The van der Waals surface area contributed by atoms with Crippen molar-refractivity contribution in [1.29, 1.82) is 0 Å². The van der Waals surface area contributed by atoms with Gasteiger partial charge in [-0.25, -0.2) is 0 Å². The molecule has 1 saturated carbocycles. The van der Waals surface area contributed by atoms with Crippen molar-refractivity contribution in [1.82, 2.24) is 0 Å². The molecule has 3 N–H and O–H groups in total. The second-order valence-corrected chi connectivity index (χ2v) is 14.4. The number of benzene rings is 3. The van der Waals surface area contributed by atoms with Crippen LogP contribution in [0.15, 0.2) is 48.5 Å². The molecule has 3 aromatic rings. The first-order valence-corrected chi connectivity index (χ1v) is 15.1. The molecule has 0 aromatic heterocycles. The molecule has 1 aliphatic rings. The summed E-state index contributed by atoms with van der Waals surface area (Å²) < 4.78 is 0. The quantitative estimate of drug-likeness (QED) is 0.301. The fraction of sp³-hybridized carbons (Fsp3) is 0.514. The average Bonchev–Trinajstić information content (AvgIpc) is 2.85. The number of aryl methyl sites for hydroxylation is 2. The average molecular weight is 543 g/mol. The minimum atomic E-state index is -0.209. The van der Waals surface area contributed by atoms with Gasteiger partial charge in [0.2, 0.25) is 0 Å². The smallest absolute Gasteiger partial charge is 0.119 e. The Kier molecular flexibility index (Phi) is 8.11. The fourth-order valence-corrected chi connectivity index (χ4v) is 7.40. The summed E-state index contributed by atoms with van der Waals surface area (Å²) in [6.07, 6.45) is 5.28. The van der Waals surface area contributed by atoms with E-state index in [1.54, 1.807) is 0 Å². The Bertz CT molecular complexity index is 1270. The van der Waals surface area contributed by atoms with Gasteiger partial charge in [0.05, 0.1) is 0 Å². The molecule has 216 valence electrons. The highest BCUT2D eigenvalue weighted by Crippen LogP contribution is 2.54. The van der Waals surface area contributed by atoms with Gasteiger partial charge in [0.15, 0.2) is 0 Å². The van der Waals surface area contributed by atoms with Gasteiger partial charge in [0, 0.05) is 5.41 Å². The topological polar surface area (TPSA) is 60.7 Å². The van der Waals surface area contributed by atoms with Crippen LogP contribution in [-0.2, 0) is 16.2 Å². The number of rotatable bonds is 5. The normalized spacial score (nSPS) is 17.1. The van der Waals surface area contributed by atoms with E-state index in [0.717, 1.165) is 54.4 Å². The van der Waals surface area contributed by atoms with Crippen LogP contribution in [0.2, 0.25) is 0 Å². The molecular weight excluding hydrogens is 492 g/mol. The van der Waals surface area contributed by atoms with E-state index in [9.17, 15) is 15.3 Å². The van der Waals surface area contributed by atoms with E-state index in [0.29, 0.717) is 29.1 Å². The molecule has 0 aliphatic heterocycles. The molecule has 0 saturated heterocycles. The van der Waals surface area contributed by atoms with Crippen LogP contribution in [0.1, 0.15) is 125 Å². The highest BCUT2D eigenvalue weighted by molar-refractivity contribution is 5.56. The fourth-order valence-electron chi connectivity index (χ4n) is 7.40. The van der Waals surface area contributed by atoms with Gasteiger partial charge < -0.3 is 15.3 Å². The van der Waals surface area contributed by atoms with Crippen molar-refractivity contribution in [2.24, 2.45) is 5.92 Å². The van der Waals surface area contributed by atoms with Crippen molar-refractivity contribution in [2.45, 2.75) is 117 Å². The van der Waals surface area contributed by atoms with E-state index in [1.165, 1.54) is 16.7 Å². The van der Waals surface area contributed by atoms with Crippen molar-refractivity contribution >= 4 is 0 Å². The van der Waals surface area contributed by atoms with Crippen molar-refractivity contribution < 1.29 is 15.3 Å². The third kappa shape index (κ3) is 5.62. The van der Waals surface area contributed by atoms with Crippen LogP contribution in [0.5, 0.6) is 17.2 Å². The molecule has 0 heterocycles. The van der Waals surface area contributed by atoms with E-state index in [-0.39, 0.29) is 16.2 Å². The summed E-state index contributed by atoms with van der Waals surface area (Å²) in [5, 5.41) is 31.8. The van der Waals surface area contributed by atoms with Crippen LogP contribution in [0.25, 0.3) is 0 Å². The summed E-state index contributed by atoms with van der Waals surface area (Å²) in [6.45, 7) is 19.5. The number of hydrogen-bond donors (Lipinski definition) is 3. The monoisotopic (exact) mass is 542 g/mol. The lowest BCUT2D eigenvalue weighted by molar-refractivity contribution is 0.230. The van der Waals surface area contributed by atoms with Gasteiger partial charge in [-0.05, 0) is 132 Å². The SMILES string of the molecule is CCC(c1ccc(O)cc1)C1CCC(c2cc(C(C)(C)C)c(O)cc2C)(c2cc(C(C)(C)C)c(O)cc2C)CC1. The van der Waals surface area contributed by atoms with E-state index in [2.05, 4.69) is 86.6 Å². The predicted octanol–water partition coefficient (Wildman–Crippen LogP) is 9.69. The zero-order valence-electron chi connectivity index (χ0n) is 26.2. The second-order valence-electron chi connectivity index (χ2n) is 14.4. The molecule has 3 aromatic carbocycles. The Morgan fingerprint density at radius 2 is 1.15 bits per heavy atom. The Morgan fingerprint density at radius 1 is 0.725 bits per heavy atom. The van der Waals surface area contributed by atoms with E-state index in [1.807, 2.05) is 24.3 Å². The van der Waals surface area contributed by atoms with Crippen LogP contribution in [0.3, 0.4) is 0 Å². The van der Waals surface area contributed by atoms with Gasteiger partial charge in [-0.15, -0.1) is 0 Å². The maximum absolute atomic E-state index is 11.0. The number of phenols is 3. The number of hydrogen-bond acceptors (Lipinski definition) is 3. The molecule has 1 atom stereocenters. The van der Waals surface area contributed by atoms with E-state index < -0.39 is 0 Å². The summed E-state index contributed by atoms with van der Waals surface area (Å²) in [4.78, 5) is 0. The van der Waals surface area contributed by atoms with Crippen LogP contribution < -0.4 is 0 Å². The molecule has 0 amide bonds. The summed E-state index contributed by atoms with van der Waals surface area (Å²) in [5.74, 6) is 2.07. The van der Waals surface area contributed by atoms with Crippen LogP contribution in [-0.4, -0.2) is 15.3 Å². The highest BCUT2D eigenvalue weighted by atomic mass is 16.3. The molecule has 3 heteroatoms. The lowest BCUT2D eigenvalue weighted by Gasteiger charge is -2.45. The van der Waals surface area contributed by atoms with Gasteiger partial charge >= 0.3 is 0 Å². The summed E-state index contributed by atoms with van der Waals surface area (Å²) in [5.41, 5.74) is 7.56. The van der Waals surface area contributed by atoms with Crippen LogP contribution in [0.4, 0.5) is 0 Å². The zero-order valence-corrected chi connectivity index (χ0v) is 26.2. The summed E-state index contributed by atoms with van der Waals surface area (Å²) >= 11 is 0. The molecule has 1 fully saturated rings. The van der Waals surface area contributed by atoms with Gasteiger partial charge in [0.1, 0.15) is 17.2 Å². The molecule has 4 rings (SSSR count). The molecule has 1 aliphatic carbocycles. The predicted molar refractivity (Wildman–Crippen MR) is 167 cm³/mol. The maximum Gasteiger partial charge on any atom is 0.119 e. The maximum atomic E-state index is 11.0. The molecule has 1 unspecified atom stereocenters. The molecular formula is C37H50O3. The van der Waals surface area contributed by atoms with Gasteiger partial charge in [-0.1, -0.05) is 72.7 Å². The first-order valence-electron chi connectivity index (χ1n) is 15.1. The van der Waals surface area contributed by atoms with E-state index >= 15 is 0 Å². The van der Waals surface area contributed by atoms with Gasteiger partial charge in [-0.2, -0.15) is 0 Å². The summed E-state index contributed by atoms with van der Waals surface area (Å²) in [7, 11) is 0. The first kappa shape index (κ1) is 30.0. The first-order chi connectivity index (χ1) is 18.6. The van der Waals surface area contributed by atoms with Crippen molar-refractivity contribution in [3.8, 4) is 17.2 Å². The number of phenolic OH excluding ortho intramolecular Hbond substituents is 3. The Labute approximate surface area is 242 Å². The van der Waals surface area contributed by atoms with Crippen LogP contribution in [0, 0.1) is 19.8 Å². The zero-order chi connectivity index (χ0) is 29.6. The highest BCUT2D eigenvalue weighted by Gasteiger charge is 2.43.